The Bertz CT molecular complexity index is 372. The van der Waals surface area contributed by atoms with Gasteiger partial charge in [-0.3, -0.25) is 4.79 Å². The van der Waals surface area contributed by atoms with Gasteiger partial charge >= 0.3 is 0 Å². The molecule has 100 valence electrons. The Balaban J connectivity index is 1.69. The number of nitrogens with two attached hydrogens (primary N) is 1. The second-order valence-electron chi connectivity index (χ2n) is 5.99. The number of piperidine rings is 1. The topological polar surface area (TPSA) is 78.9 Å². The molecule has 0 aromatic rings. The molecule has 1 saturated heterocycles. The van der Waals surface area contributed by atoms with E-state index < -0.39 is 0 Å². The predicted molar refractivity (Wildman–Crippen MR) is 67.1 cm³/mol. The summed E-state index contributed by atoms with van der Waals surface area (Å²) in [6.07, 6.45) is 6.33. The Morgan fingerprint density at radius 1 is 1.22 bits per heavy atom. The number of carbonyl (C=O) groups excluding carboxylic acids is 1. The molecule has 1 heterocycles. The zero-order valence-electron chi connectivity index (χ0n) is 10.6. The van der Waals surface area contributed by atoms with E-state index >= 15 is 0 Å². The van der Waals surface area contributed by atoms with Gasteiger partial charge in [-0.05, 0) is 50.4 Å². The lowest BCUT2D eigenvalue weighted by Gasteiger charge is -2.36. The summed E-state index contributed by atoms with van der Waals surface area (Å²) in [6, 6.07) is -0.187. The highest BCUT2D eigenvalue weighted by Gasteiger charge is 2.49. The monoisotopic (exact) mass is 251 g/mol. The third-order valence-corrected chi connectivity index (χ3v) is 4.84. The van der Waals surface area contributed by atoms with Crippen LogP contribution in [-0.4, -0.2) is 34.4 Å². The van der Waals surface area contributed by atoms with Crippen LogP contribution in [0.15, 0.2) is 5.16 Å². The minimum absolute atomic E-state index is 0.186. The first kappa shape index (κ1) is 11.8. The van der Waals surface area contributed by atoms with E-state index in [9.17, 15) is 4.79 Å². The van der Waals surface area contributed by atoms with Gasteiger partial charge in [0.1, 0.15) is 0 Å². The third-order valence-electron chi connectivity index (χ3n) is 4.84. The number of rotatable bonds is 2. The van der Waals surface area contributed by atoms with Gasteiger partial charge in [-0.15, -0.1) is 0 Å². The normalized spacial score (nSPS) is 39.6. The van der Waals surface area contributed by atoms with Crippen molar-refractivity contribution in [1.82, 2.24) is 4.90 Å². The average Bonchev–Trinajstić information content (AvgIpc) is 3.03. The van der Waals surface area contributed by atoms with Crippen molar-refractivity contribution in [3.63, 3.8) is 0 Å². The number of hydrogen-bond acceptors (Lipinski definition) is 3. The lowest BCUT2D eigenvalue weighted by atomic mass is 9.96. The molecule has 0 bridgehead atoms. The minimum atomic E-state index is -0.187. The van der Waals surface area contributed by atoms with Crippen molar-refractivity contribution >= 4 is 11.7 Å². The molecule has 3 N–H and O–H groups in total. The van der Waals surface area contributed by atoms with Gasteiger partial charge in [0.25, 0.3) is 0 Å². The second-order valence-corrected chi connectivity index (χ2v) is 5.99. The first-order valence-corrected chi connectivity index (χ1v) is 6.98. The third kappa shape index (κ3) is 1.95. The molecule has 1 amide bonds. The van der Waals surface area contributed by atoms with Crippen molar-refractivity contribution in [2.75, 3.05) is 6.54 Å². The van der Waals surface area contributed by atoms with Gasteiger partial charge in [0.2, 0.25) is 5.91 Å². The van der Waals surface area contributed by atoms with Crippen molar-refractivity contribution in [2.45, 2.75) is 44.6 Å². The maximum absolute atomic E-state index is 12.5. The highest BCUT2D eigenvalue weighted by Crippen LogP contribution is 2.54. The fourth-order valence-corrected chi connectivity index (χ4v) is 3.72. The maximum Gasteiger partial charge on any atom is 0.226 e. The summed E-state index contributed by atoms with van der Waals surface area (Å²) in [7, 11) is 0. The fourth-order valence-electron chi connectivity index (χ4n) is 3.72. The fraction of sp³-hybridized carbons (Fsp3) is 0.846. The highest BCUT2D eigenvalue weighted by molar-refractivity contribution is 5.91. The molecule has 3 fully saturated rings. The summed E-state index contributed by atoms with van der Waals surface area (Å²) in [5, 5.41) is 11.9. The molecule has 3 unspecified atom stereocenters. The van der Waals surface area contributed by atoms with Crippen LogP contribution >= 0.6 is 0 Å². The molecule has 5 nitrogen and oxygen atoms in total. The molecule has 3 atom stereocenters. The van der Waals surface area contributed by atoms with Gasteiger partial charge in [0.15, 0.2) is 5.84 Å². The zero-order valence-corrected chi connectivity index (χ0v) is 10.6. The zero-order chi connectivity index (χ0) is 12.7. The van der Waals surface area contributed by atoms with E-state index in [1.54, 1.807) is 0 Å². The summed E-state index contributed by atoms with van der Waals surface area (Å²) >= 11 is 0. The number of fused-ring (bicyclic) bond motifs is 1. The number of nitrogens with zero attached hydrogens (tertiary/aromatic N) is 2. The largest absolute Gasteiger partial charge is 0.409 e. The molecule has 1 aliphatic heterocycles. The molecule has 0 radical (unpaired) electrons. The lowest BCUT2D eigenvalue weighted by Crippen LogP contribution is -2.52. The quantitative estimate of drug-likeness (QED) is 0.334. The van der Waals surface area contributed by atoms with E-state index in [-0.39, 0.29) is 23.7 Å². The molecule has 0 aromatic heterocycles. The smallest absolute Gasteiger partial charge is 0.226 e. The van der Waals surface area contributed by atoms with Gasteiger partial charge in [0.05, 0.1) is 6.04 Å². The van der Waals surface area contributed by atoms with Gasteiger partial charge in [-0.2, -0.15) is 0 Å². The predicted octanol–water partition coefficient (Wildman–Crippen LogP) is 1.16. The second kappa shape index (κ2) is 4.44. The molecule has 0 spiro atoms. The lowest BCUT2D eigenvalue weighted by molar-refractivity contribution is -0.137. The van der Waals surface area contributed by atoms with Crippen molar-refractivity contribution in [1.29, 1.82) is 0 Å². The number of oxime groups is 1. The molecule has 2 saturated carbocycles. The van der Waals surface area contributed by atoms with Gasteiger partial charge in [0, 0.05) is 12.5 Å². The van der Waals surface area contributed by atoms with Gasteiger partial charge < -0.3 is 15.8 Å². The molecular weight excluding hydrogens is 230 g/mol. The van der Waals surface area contributed by atoms with E-state index in [1.807, 2.05) is 4.90 Å². The SMILES string of the molecule is NC(=NO)C1CCCCN1C(=O)C1CC2CC2C1. The number of likely N-dealkylation sites (tertiary alicyclic amines) is 1. The van der Waals surface area contributed by atoms with Crippen LogP contribution in [0.1, 0.15) is 38.5 Å². The number of hydrogen-bond donors (Lipinski definition) is 2. The number of amides is 1. The highest BCUT2D eigenvalue weighted by atomic mass is 16.4. The first-order valence-electron chi connectivity index (χ1n) is 6.98. The summed E-state index contributed by atoms with van der Waals surface area (Å²) in [5.41, 5.74) is 5.72. The average molecular weight is 251 g/mol. The Kier molecular flexibility index (Phi) is 2.92. The van der Waals surface area contributed by atoms with Gasteiger partial charge in [-0.25, -0.2) is 0 Å². The Hall–Kier alpha value is -1.26. The van der Waals surface area contributed by atoms with E-state index in [2.05, 4.69) is 5.16 Å². The van der Waals surface area contributed by atoms with E-state index in [0.29, 0.717) is 0 Å². The van der Waals surface area contributed by atoms with Crippen molar-refractivity contribution in [2.24, 2.45) is 28.6 Å². The van der Waals surface area contributed by atoms with Gasteiger partial charge in [-0.1, -0.05) is 5.16 Å². The molecule has 18 heavy (non-hydrogen) atoms. The van der Waals surface area contributed by atoms with E-state index in [1.165, 1.54) is 6.42 Å². The van der Waals surface area contributed by atoms with Crippen LogP contribution in [0.3, 0.4) is 0 Å². The van der Waals surface area contributed by atoms with Crippen LogP contribution in [0.2, 0.25) is 0 Å². The van der Waals surface area contributed by atoms with Crippen LogP contribution < -0.4 is 5.73 Å². The Labute approximate surface area is 107 Å². The van der Waals surface area contributed by atoms with Crippen LogP contribution in [0.25, 0.3) is 0 Å². The molecule has 3 aliphatic rings. The van der Waals surface area contributed by atoms with Crippen molar-refractivity contribution in [3.05, 3.63) is 0 Å². The summed E-state index contributed by atoms with van der Waals surface area (Å²) < 4.78 is 0. The van der Waals surface area contributed by atoms with Crippen molar-refractivity contribution in [3.8, 4) is 0 Å². The van der Waals surface area contributed by atoms with Crippen LogP contribution in [0.5, 0.6) is 0 Å². The number of carbonyl (C=O) groups is 1. The molecule has 0 aromatic carbocycles. The van der Waals surface area contributed by atoms with Crippen LogP contribution in [0.4, 0.5) is 0 Å². The van der Waals surface area contributed by atoms with E-state index in [0.717, 1.165) is 50.5 Å². The maximum atomic E-state index is 12.5. The van der Waals surface area contributed by atoms with E-state index in [4.69, 9.17) is 10.9 Å². The Morgan fingerprint density at radius 2 is 1.94 bits per heavy atom. The summed E-state index contributed by atoms with van der Waals surface area (Å²) in [4.78, 5) is 14.4. The molecule has 5 heteroatoms. The summed E-state index contributed by atoms with van der Waals surface area (Å²) in [5.74, 6) is 2.24. The molecule has 2 aliphatic carbocycles. The minimum Gasteiger partial charge on any atom is -0.409 e. The molecular formula is C13H21N3O2. The Morgan fingerprint density at radius 3 is 2.61 bits per heavy atom. The first-order chi connectivity index (χ1) is 8.70. The standard InChI is InChI=1S/C13H21N3O2/c14-12(15-18)11-3-1-2-4-16(11)13(17)10-6-8-5-9(8)7-10/h8-11,18H,1-7H2,(H2,14,15). The summed E-state index contributed by atoms with van der Waals surface area (Å²) in [6.45, 7) is 0.756. The van der Waals surface area contributed by atoms with Crippen molar-refractivity contribution < 1.29 is 10.0 Å². The molecule has 3 rings (SSSR count). The van der Waals surface area contributed by atoms with Crippen LogP contribution in [-0.2, 0) is 4.79 Å². The number of amidine groups is 1. The van der Waals surface area contributed by atoms with Crippen LogP contribution in [0, 0.1) is 17.8 Å².